The van der Waals surface area contributed by atoms with Gasteiger partial charge in [-0.1, -0.05) is 30.3 Å². The summed E-state index contributed by atoms with van der Waals surface area (Å²) in [5.41, 5.74) is 1.14. The van der Waals surface area contributed by atoms with E-state index in [2.05, 4.69) is 15.4 Å². The van der Waals surface area contributed by atoms with E-state index in [0.29, 0.717) is 18.9 Å². The molecule has 0 aliphatic carbocycles. The molecular formula is C12H16N4O. The quantitative estimate of drug-likeness (QED) is 0.791. The highest BCUT2D eigenvalue weighted by molar-refractivity contribution is 5.15. The van der Waals surface area contributed by atoms with Crippen molar-refractivity contribution >= 4 is 0 Å². The van der Waals surface area contributed by atoms with Crippen molar-refractivity contribution in [2.75, 3.05) is 13.6 Å². The highest BCUT2D eigenvalue weighted by Gasteiger charge is 2.13. The van der Waals surface area contributed by atoms with Crippen molar-refractivity contribution in [2.24, 2.45) is 0 Å². The summed E-state index contributed by atoms with van der Waals surface area (Å²) in [6.45, 7) is 1.09. The molecule has 1 heterocycles. The average Bonchev–Trinajstić information content (AvgIpc) is 2.79. The molecule has 5 nitrogen and oxygen atoms in total. The molecule has 0 spiro atoms. The van der Waals surface area contributed by atoms with Crippen molar-refractivity contribution in [3.63, 3.8) is 0 Å². The highest BCUT2D eigenvalue weighted by atomic mass is 16.3. The Morgan fingerprint density at radius 2 is 2.12 bits per heavy atom. The van der Waals surface area contributed by atoms with Gasteiger partial charge in [0.15, 0.2) is 5.82 Å². The van der Waals surface area contributed by atoms with Crippen LogP contribution in [0.25, 0.3) is 0 Å². The minimum Gasteiger partial charge on any atom is -0.384 e. The second-order valence-electron chi connectivity index (χ2n) is 3.83. The zero-order valence-electron chi connectivity index (χ0n) is 9.74. The Hall–Kier alpha value is -1.72. The first-order valence-corrected chi connectivity index (χ1v) is 5.55. The molecule has 0 saturated heterocycles. The number of nitrogens with zero attached hydrogens (tertiary/aromatic N) is 3. The normalized spacial score (nSPS) is 12.6. The van der Waals surface area contributed by atoms with Gasteiger partial charge in [-0.05, 0) is 12.6 Å². The summed E-state index contributed by atoms with van der Waals surface area (Å²) in [6, 6.07) is 9.99. The van der Waals surface area contributed by atoms with E-state index in [0.717, 1.165) is 5.56 Å². The third-order valence-electron chi connectivity index (χ3n) is 2.52. The second-order valence-corrected chi connectivity index (χ2v) is 3.83. The molecule has 0 amide bonds. The number of aliphatic hydroxyl groups is 1. The Morgan fingerprint density at radius 1 is 1.35 bits per heavy atom. The summed E-state index contributed by atoms with van der Waals surface area (Å²) >= 11 is 0. The van der Waals surface area contributed by atoms with Gasteiger partial charge < -0.3 is 10.4 Å². The van der Waals surface area contributed by atoms with E-state index in [9.17, 15) is 5.11 Å². The number of hydrogen-bond donors (Lipinski definition) is 2. The molecule has 1 aromatic heterocycles. The number of aliphatic hydroxyl groups excluding tert-OH is 1. The Morgan fingerprint density at radius 3 is 2.82 bits per heavy atom. The lowest BCUT2D eigenvalue weighted by Crippen LogP contribution is -2.21. The van der Waals surface area contributed by atoms with E-state index in [1.54, 1.807) is 11.7 Å². The van der Waals surface area contributed by atoms with Crippen LogP contribution in [0.15, 0.2) is 36.7 Å². The molecule has 17 heavy (non-hydrogen) atoms. The molecule has 2 rings (SSSR count). The third kappa shape index (κ3) is 2.89. The van der Waals surface area contributed by atoms with Crippen LogP contribution in [0.4, 0.5) is 0 Å². The summed E-state index contributed by atoms with van der Waals surface area (Å²) in [7, 11) is 1.79. The first kappa shape index (κ1) is 11.8. The van der Waals surface area contributed by atoms with Crippen LogP contribution < -0.4 is 5.32 Å². The Labute approximate surface area is 100 Å². The van der Waals surface area contributed by atoms with Crippen LogP contribution in [-0.4, -0.2) is 33.5 Å². The Kier molecular flexibility index (Phi) is 3.85. The van der Waals surface area contributed by atoms with Gasteiger partial charge in [0.25, 0.3) is 0 Å². The van der Waals surface area contributed by atoms with Crippen LogP contribution in [0.1, 0.15) is 17.5 Å². The topological polar surface area (TPSA) is 63.0 Å². The summed E-state index contributed by atoms with van der Waals surface area (Å²) in [6.07, 6.45) is 0.836. The molecule has 0 aliphatic heterocycles. The fourth-order valence-corrected chi connectivity index (χ4v) is 1.69. The molecule has 0 radical (unpaired) electrons. The maximum Gasteiger partial charge on any atom is 0.157 e. The standard InChI is InChI=1S/C12H16N4O/c1-13-7-11(17)12-14-9-15-16(12)8-10-5-3-2-4-6-10/h2-6,9,11,13,17H,7-8H2,1H3. The number of nitrogens with one attached hydrogen (secondary N) is 1. The van der Waals surface area contributed by atoms with E-state index >= 15 is 0 Å². The average molecular weight is 232 g/mol. The lowest BCUT2D eigenvalue weighted by atomic mass is 10.2. The van der Waals surface area contributed by atoms with Crippen LogP contribution in [0, 0.1) is 0 Å². The third-order valence-corrected chi connectivity index (χ3v) is 2.52. The summed E-state index contributed by atoms with van der Waals surface area (Å²) in [4.78, 5) is 4.09. The van der Waals surface area contributed by atoms with Crippen LogP contribution in [0.2, 0.25) is 0 Å². The van der Waals surface area contributed by atoms with Crippen molar-refractivity contribution in [2.45, 2.75) is 12.6 Å². The Bertz CT molecular complexity index is 455. The molecule has 0 saturated carbocycles. The van der Waals surface area contributed by atoms with Crippen LogP contribution in [-0.2, 0) is 6.54 Å². The van der Waals surface area contributed by atoms with Crippen molar-refractivity contribution in [1.82, 2.24) is 20.1 Å². The largest absolute Gasteiger partial charge is 0.384 e. The molecule has 2 aromatic rings. The predicted octanol–water partition coefficient (Wildman–Crippen LogP) is 0.579. The van der Waals surface area contributed by atoms with Gasteiger partial charge in [-0.2, -0.15) is 5.10 Å². The molecule has 0 bridgehead atoms. The van der Waals surface area contributed by atoms with Gasteiger partial charge in [-0.25, -0.2) is 9.67 Å². The first-order valence-electron chi connectivity index (χ1n) is 5.55. The summed E-state index contributed by atoms with van der Waals surface area (Å²) in [5, 5.41) is 16.9. The van der Waals surface area contributed by atoms with Crippen molar-refractivity contribution in [1.29, 1.82) is 0 Å². The Balaban J connectivity index is 2.14. The van der Waals surface area contributed by atoms with Crippen molar-refractivity contribution in [3.05, 3.63) is 48.0 Å². The highest BCUT2D eigenvalue weighted by Crippen LogP contribution is 2.10. The monoisotopic (exact) mass is 232 g/mol. The van der Waals surface area contributed by atoms with E-state index in [4.69, 9.17) is 0 Å². The van der Waals surface area contributed by atoms with Gasteiger partial charge >= 0.3 is 0 Å². The lowest BCUT2D eigenvalue weighted by Gasteiger charge is -2.11. The van der Waals surface area contributed by atoms with Gasteiger partial charge in [0, 0.05) is 6.54 Å². The number of likely N-dealkylation sites (N-methyl/N-ethyl adjacent to an activating group) is 1. The number of hydrogen-bond acceptors (Lipinski definition) is 4. The smallest absolute Gasteiger partial charge is 0.157 e. The van der Waals surface area contributed by atoms with E-state index in [1.807, 2.05) is 30.3 Å². The first-order chi connectivity index (χ1) is 8.31. The van der Waals surface area contributed by atoms with Gasteiger partial charge in [-0.3, -0.25) is 0 Å². The fraction of sp³-hybridized carbons (Fsp3) is 0.333. The number of benzene rings is 1. The minimum atomic E-state index is -0.633. The van der Waals surface area contributed by atoms with Crippen molar-refractivity contribution < 1.29 is 5.11 Å². The maximum atomic E-state index is 9.88. The second kappa shape index (κ2) is 5.56. The molecule has 90 valence electrons. The molecular weight excluding hydrogens is 216 g/mol. The molecule has 1 atom stereocenters. The van der Waals surface area contributed by atoms with E-state index in [-0.39, 0.29) is 0 Å². The molecule has 0 aliphatic rings. The van der Waals surface area contributed by atoms with Gasteiger partial charge in [0.05, 0.1) is 6.54 Å². The van der Waals surface area contributed by atoms with Crippen LogP contribution in [0.3, 0.4) is 0 Å². The van der Waals surface area contributed by atoms with E-state index in [1.165, 1.54) is 6.33 Å². The maximum absolute atomic E-state index is 9.88. The van der Waals surface area contributed by atoms with Crippen molar-refractivity contribution in [3.8, 4) is 0 Å². The molecule has 2 N–H and O–H groups in total. The summed E-state index contributed by atoms with van der Waals surface area (Å²) < 4.78 is 1.72. The van der Waals surface area contributed by atoms with Gasteiger partial charge in [0.2, 0.25) is 0 Å². The predicted molar refractivity (Wildman–Crippen MR) is 64.5 cm³/mol. The van der Waals surface area contributed by atoms with E-state index < -0.39 is 6.10 Å². The molecule has 1 unspecified atom stereocenters. The zero-order chi connectivity index (χ0) is 12.1. The summed E-state index contributed by atoms with van der Waals surface area (Å²) in [5.74, 6) is 0.586. The van der Waals surface area contributed by atoms with Crippen LogP contribution >= 0.6 is 0 Å². The number of aromatic nitrogens is 3. The fourth-order valence-electron chi connectivity index (χ4n) is 1.69. The van der Waals surface area contributed by atoms with Gasteiger partial charge in [0.1, 0.15) is 12.4 Å². The molecule has 0 fully saturated rings. The molecule has 5 heteroatoms. The minimum absolute atomic E-state index is 0.466. The number of rotatable bonds is 5. The van der Waals surface area contributed by atoms with Gasteiger partial charge in [-0.15, -0.1) is 0 Å². The lowest BCUT2D eigenvalue weighted by molar-refractivity contribution is 0.162. The van der Waals surface area contributed by atoms with Crippen LogP contribution in [0.5, 0.6) is 0 Å². The SMILES string of the molecule is CNCC(O)c1ncnn1Cc1ccccc1. The zero-order valence-corrected chi connectivity index (χ0v) is 9.74. The molecule has 1 aromatic carbocycles.